The number of nitrogens with one attached hydrogen (secondary N) is 1. The van der Waals surface area contributed by atoms with Crippen LogP contribution in [-0.2, 0) is 7.05 Å². The molecular weight excluding hydrogens is 218 g/mol. The number of aromatic amines is 1. The van der Waals surface area contributed by atoms with Gasteiger partial charge in [-0.15, -0.1) is 5.10 Å². The second-order valence-corrected chi connectivity index (χ2v) is 3.75. The number of fused-ring (bicyclic) bond motifs is 1. The van der Waals surface area contributed by atoms with Gasteiger partial charge in [-0.25, -0.2) is 5.10 Å². The van der Waals surface area contributed by atoms with Crippen molar-refractivity contribution in [1.82, 2.24) is 25.2 Å². The zero-order chi connectivity index (χ0) is 11.8. The first kappa shape index (κ1) is 9.71. The molecule has 0 spiro atoms. The van der Waals surface area contributed by atoms with E-state index in [-0.39, 0.29) is 5.43 Å². The molecule has 0 unspecified atom stereocenters. The zero-order valence-electron chi connectivity index (χ0n) is 9.08. The van der Waals surface area contributed by atoms with Gasteiger partial charge in [-0.05, 0) is 22.6 Å². The predicted molar refractivity (Wildman–Crippen MR) is 62.4 cm³/mol. The van der Waals surface area contributed by atoms with Crippen LogP contribution in [0.3, 0.4) is 0 Å². The van der Waals surface area contributed by atoms with Crippen LogP contribution in [0.25, 0.3) is 22.3 Å². The lowest BCUT2D eigenvalue weighted by atomic mass is 10.1. The van der Waals surface area contributed by atoms with E-state index in [1.165, 1.54) is 0 Å². The summed E-state index contributed by atoms with van der Waals surface area (Å²) >= 11 is 0. The molecule has 0 atom stereocenters. The third-order valence-corrected chi connectivity index (χ3v) is 2.70. The van der Waals surface area contributed by atoms with Crippen LogP contribution in [0.4, 0.5) is 0 Å². The maximum absolute atomic E-state index is 12.3. The minimum absolute atomic E-state index is 0.0720. The lowest BCUT2D eigenvalue weighted by molar-refractivity contribution is 0.881. The highest BCUT2D eigenvalue weighted by Gasteiger charge is 2.11. The molecule has 0 fully saturated rings. The number of aromatic nitrogens is 5. The standard InChI is InChI=1S/C11H9N5O/c1-16-6-8(11-12-14-15-13-11)10(17)7-4-2-3-5-9(7)16/h2-6H,1H3,(H,12,13,14,15). The van der Waals surface area contributed by atoms with Crippen LogP contribution in [0.15, 0.2) is 35.3 Å². The fourth-order valence-electron chi connectivity index (χ4n) is 1.88. The molecule has 1 N–H and O–H groups in total. The van der Waals surface area contributed by atoms with Gasteiger partial charge in [0.25, 0.3) is 0 Å². The summed E-state index contributed by atoms with van der Waals surface area (Å²) in [5, 5.41) is 14.0. The van der Waals surface area contributed by atoms with E-state index in [0.29, 0.717) is 16.8 Å². The van der Waals surface area contributed by atoms with Crippen molar-refractivity contribution in [2.45, 2.75) is 0 Å². The number of hydrogen-bond acceptors (Lipinski definition) is 4. The fraction of sp³-hybridized carbons (Fsp3) is 0.0909. The first-order valence-corrected chi connectivity index (χ1v) is 5.10. The quantitative estimate of drug-likeness (QED) is 0.664. The van der Waals surface area contributed by atoms with E-state index in [4.69, 9.17) is 0 Å². The molecule has 17 heavy (non-hydrogen) atoms. The van der Waals surface area contributed by atoms with E-state index in [0.717, 1.165) is 5.52 Å². The van der Waals surface area contributed by atoms with E-state index in [1.807, 2.05) is 29.8 Å². The smallest absolute Gasteiger partial charge is 0.200 e. The molecule has 3 rings (SSSR count). The SMILES string of the molecule is Cn1cc(-c2nnn[nH]2)c(=O)c2ccccc21. The van der Waals surface area contributed by atoms with Crippen molar-refractivity contribution in [3.05, 3.63) is 40.7 Å². The molecule has 3 aromatic rings. The summed E-state index contributed by atoms with van der Waals surface area (Å²) in [6, 6.07) is 7.44. The van der Waals surface area contributed by atoms with Crippen molar-refractivity contribution < 1.29 is 0 Å². The number of rotatable bonds is 1. The molecule has 1 aromatic carbocycles. The van der Waals surface area contributed by atoms with Crippen LogP contribution in [0.5, 0.6) is 0 Å². The Hall–Kier alpha value is -2.50. The maximum atomic E-state index is 12.3. The molecule has 6 nitrogen and oxygen atoms in total. The Labute approximate surface area is 95.9 Å². The third-order valence-electron chi connectivity index (χ3n) is 2.70. The summed E-state index contributed by atoms with van der Waals surface area (Å²) in [6.45, 7) is 0. The topological polar surface area (TPSA) is 76.5 Å². The summed E-state index contributed by atoms with van der Waals surface area (Å²) in [4.78, 5) is 12.3. The summed E-state index contributed by atoms with van der Waals surface area (Å²) in [6.07, 6.45) is 1.73. The number of pyridine rings is 1. The number of aryl methyl sites for hydroxylation is 1. The van der Waals surface area contributed by atoms with Crippen molar-refractivity contribution in [3.8, 4) is 11.4 Å². The lowest BCUT2D eigenvalue weighted by Crippen LogP contribution is -2.10. The monoisotopic (exact) mass is 227 g/mol. The second kappa shape index (κ2) is 3.51. The lowest BCUT2D eigenvalue weighted by Gasteiger charge is -2.06. The van der Waals surface area contributed by atoms with Gasteiger partial charge in [-0.2, -0.15) is 0 Å². The van der Waals surface area contributed by atoms with Crippen LogP contribution < -0.4 is 5.43 Å². The van der Waals surface area contributed by atoms with Crippen LogP contribution in [0.2, 0.25) is 0 Å². The van der Waals surface area contributed by atoms with E-state index in [2.05, 4.69) is 20.6 Å². The highest BCUT2D eigenvalue weighted by molar-refractivity contribution is 5.82. The van der Waals surface area contributed by atoms with Gasteiger partial charge >= 0.3 is 0 Å². The van der Waals surface area contributed by atoms with Gasteiger partial charge in [0.1, 0.15) is 0 Å². The van der Waals surface area contributed by atoms with Crippen LogP contribution >= 0.6 is 0 Å². The number of benzene rings is 1. The van der Waals surface area contributed by atoms with Crippen molar-refractivity contribution in [2.75, 3.05) is 0 Å². The number of hydrogen-bond donors (Lipinski definition) is 1. The summed E-state index contributed by atoms with van der Waals surface area (Å²) in [5.41, 5.74) is 1.28. The minimum atomic E-state index is -0.0720. The molecule has 0 saturated carbocycles. The molecule has 2 aromatic heterocycles. The van der Waals surface area contributed by atoms with Gasteiger partial charge in [0.2, 0.25) is 0 Å². The predicted octanol–water partition coefficient (Wildman–Crippen LogP) is 0.719. The van der Waals surface area contributed by atoms with E-state index < -0.39 is 0 Å². The summed E-state index contributed by atoms with van der Waals surface area (Å²) in [7, 11) is 1.88. The highest BCUT2D eigenvalue weighted by Crippen LogP contribution is 2.14. The number of H-pyrrole nitrogens is 1. The average Bonchev–Trinajstić information content (AvgIpc) is 2.87. The Morgan fingerprint density at radius 1 is 1.29 bits per heavy atom. The highest BCUT2D eigenvalue weighted by atomic mass is 16.1. The minimum Gasteiger partial charge on any atom is -0.350 e. The van der Waals surface area contributed by atoms with Crippen molar-refractivity contribution in [3.63, 3.8) is 0 Å². The second-order valence-electron chi connectivity index (χ2n) is 3.75. The molecule has 0 amide bonds. The molecule has 0 aliphatic heterocycles. The summed E-state index contributed by atoms with van der Waals surface area (Å²) < 4.78 is 1.88. The number of tetrazole rings is 1. The first-order chi connectivity index (χ1) is 8.27. The van der Waals surface area contributed by atoms with Gasteiger partial charge in [-0.3, -0.25) is 4.79 Å². The van der Waals surface area contributed by atoms with E-state index >= 15 is 0 Å². The molecule has 0 aliphatic rings. The van der Waals surface area contributed by atoms with Crippen molar-refractivity contribution >= 4 is 10.9 Å². The Bertz CT molecular complexity index is 729. The Morgan fingerprint density at radius 3 is 2.88 bits per heavy atom. The average molecular weight is 227 g/mol. The fourth-order valence-corrected chi connectivity index (χ4v) is 1.88. The normalized spacial score (nSPS) is 10.9. The number of para-hydroxylation sites is 1. The molecule has 0 aliphatic carbocycles. The maximum Gasteiger partial charge on any atom is 0.200 e. The van der Waals surface area contributed by atoms with Gasteiger partial charge < -0.3 is 4.57 Å². The Balaban J connectivity index is 2.43. The molecule has 84 valence electrons. The Kier molecular flexibility index (Phi) is 2.01. The summed E-state index contributed by atoms with van der Waals surface area (Å²) in [5.74, 6) is 0.386. The van der Waals surface area contributed by atoms with E-state index in [9.17, 15) is 4.79 Å². The van der Waals surface area contributed by atoms with Crippen LogP contribution in [-0.4, -0.2) is 25.2 Å². The van der Waals surface area contributed by atoms with Crippen LogP contribution in [0.1, 0.15) is 0 Å². The van der Waals surface area contributed by atoms with Gasteiger partial charge in [0.05, 0.1) is 11.1 Å². The van der Waals surface area contributed by atoms with E-state index in [1.54, 1.807) is 12.3 Å². The molecule has 0 bridgehead atoms. The molecule has 0 radical (unpaired) electrons. The van der Waals surface area contributed by atoms with Gasteiger partial charge in [0, 0.05) is 18.6 Å². The molecule has 6 heteroatoms. The first-order valence-electron chi connectivity index (χ1n) is 5.10. The zero-order valence-corrected chi connectivity index (χ0v) is 9.08. The molecular formula is C11H9N5O. The van der Waals surface area contributed by atoms with Gasteiger partial charge in [0.15, 0.2) is 11.3 Å². The molecule has 0 saturated heterocycles. The van der Waals surface area contributed by atoms with Crippen LogP contribution in [0, 0.1) is 0 Å². The van der Waals surface area contributed by atoms with Gasteiger partial charge in [-0.1, -0.05) is 12.1 Å². The van der Waals surface area contributed by atoms with Crippen molar-refractivity contribution in [1.29, 1.82) is 0 Å². The third kappa shape index (κ3) is 1.42. The molecule has 2 heterocycles. The number of nitrogens with zero attached hydrogens (tertiary/aromatic N) is 4. The van der Waals surface area contributed by atoms with Crippen molar-refractivity contribution in [2.24, 2.45) is 7.05 Å². The largest absolute Gasteiger partial charge is 0.350 e. The Morgan fingerprint density at radius 2 is 2.12 bits per heavy atom.